The number of carbonyl (C=O) groups excluding carboxylic acids is 1. The van der Waals surface area contributed by atoms with Crippen LogP contribution in [0.15, 0.2) is 17.1 Å². The van der Waals surface area contributed by atoms with E-state index >= 15 is 0 Å². The molecule has 1 N–H and O–H groups in total. The molecule has 0 spiro atoms. The van der Waals surface area contributed by atoms with E-state index in [1.165, 1.54) is 12.3 Å². The Bertz CT molecular complexity index is 571. The molecule has 0 saturated carbocycles. The molecule has 1 fully saturated rings. The number of amides is 1. The Morgan fingerprint density at radius 2 is 1.80 bits per heavy atom. The van der Waals surface area contributed by atoms with Gasteiger partial charge < -0.3 is 14.6 Å². The van der Waals surface area contributed by atoms with Gasteiger partial charge >= 0.3 is 0 Å². The molecule has 0 atom stereocenters. The first-order valence-corrected chi connectivity index (χ1v) is 6.78. The van der Waals surface area contributed by atoms with E-state index < -0.39 is 11.2 Å². The van der Waals surface area contributed by atoms with Crippen molar-refractivity contribution in [2.24, 2.45) is 0 Å². The molecule has 0 aliphatic carbocycles. The Balaban J connectivity index is 2.31. The van der Waals surface area contributed by atoms with Crippen LogP contribution in [0.4, 0.5) is 0 Å². The molecular weight excluding hydrogens is 256 g/mol. The first-order valence-electron chi connectivity index (χ1n) is 6.78. The molecule has 0 radical (unpaired) electrons. The Hall–Kier alpha value is -1.62. The lowest BCUT2D eigenvalue weighted by Gasteiger charge is -2.47. The molecular formula is C15H22N2O3. The standard InChI is InChI=1S/C15H22N2O3/c1-10-6-12(18)11(7-16-10)13(19)17-8-14(2,3)20-15(4,5)9-17/h6-7H,8-9H2,1-5H3,(H,16,18). The molecule has 20 heavy (non-hydrogen) atoms. The van der Waals surface area contributed by atoms with Crippen LogP contribution < -0.4 is 5.43 Å². The van der Waals surface area contributed by atoms with E-state index in [1.54, 1.807) is 11.8 Å². The molecule has 1 aromatic heterocycles. The van der Waals surface area contributed by atoms with E-state index in [0.717, 1.165) is 5.69 Å². The Morgan fingerprint density at radius 1 is 1.25 bits per heavy atom. The second-order valence-electron chi connectivity index (χ2n) is 6.68. The number of pyridine rings is 1. The molecule has 2 rings (SSSR count). The molecule has 1 aromatic rings. The van der Waals surface area contributed by atoms with Crippen LogP contribution in [-0.2, 0) is 4.74 Å². The van der Waals surface area contributed by atoms with Gasteiger partial charge in [-0.05, 0) is 34.6 Å². The number of aromatic nitrogens is 1. The fourth-order valence-corrected chi connectivity index (χ4v) is 2.84. The molecule has 110 valence electrons. The van der Waals surface area contributed by atoms with Crippen molar-refractivity contribution in [1.29, 1.82) is 0 Å². The Morgan fingerprint density at radius 3 is 2.30 bits per heavy atom. The summed E-state index contributed by atoms with van der Waals surface area (Å²) < 4.78 is 5.95. The normalized spacial score (nSPS) is 20.8. The van der Waals surface area contributed by atoms with E-state index in [4.69, 9.17) is 4.74 Å². The third-order valence-electron chi connectivity index (χ3n) is 3.27. The summed E-state index contributed by atoms with van der Waals surface area (Å²) in [5.41, 5.74) is -0.157. The molecule has 0 unspecified atom stereocenters. The molecule has 0 aromatic carbocycles. The van der Waals surface area contributed by atoms with Gasteiger partial charge in [-0.3, -0.25) is 9.59 Å². The number of ether oxygens (including phenoxy) is 1. The van der Waals surface area contributed by atoms with Crippen molar-refractivity contribution in [2.75, 3.05) is 13.1 Å². The predicted octanol–water partition coefficient (Wildman–Crippen LogP) is 1.71. The molecule has 5 nitrogen and oxygen atoms in total. The van der Waals surface area contributed by atoms with Crippen LogP contribution in [0, 0.1) is 6.92 Å². The van der Waals surface area contributed by atoms with E-state index in [1.807, 2.05) is 27.7 Å². The predicted molar refractivity (Wildman–Crippen MR) is 76.9 cm³/mol. The maximum Gasteiger partial charge on any atom is 0.259 e. The number of morpholine rings is 1. The first-order chi connectivity index (χ1) is 9.10. The van der Waals surface area contributed by atoms with Crippen LogP contribution in [0.5, 0.6) is 0 Å². The maximum atomic E-state index is 12.6. The minimum Gasteiger partial charge on any atom is -0.366 e. The van der Waals surface area contributed by atoms with Gasteiger partial charge in [-0.2, -0.15) is 0 Å². The number of carbonyl (C=O) groups is 1. The molecule has 2 heterocycles. The van der Waals surface area contributed by atoms with Crippen LogP contribution >= 0.6 is 0 Å². The average molecular weight is 278 g/mol. The molecule has 1 amide bonds. The summed E-state index contributed by atoms with van der Waals surface area (Å²) >= 11 is 0. The van der Waals surface area contributed by atoms with Gasteiger partial charge in [0.05, 0.1) is 11.2 Å². The number of rotatable bonds is 1. The highest BCUT2D eigenvalue weighted by Gasteiger charge is 2.40. The van der Waals surface area contributed by atoms with Gasteiger partial charge in [-0.25, -0.2) is 0 Å². The summed E-state index contributed by atoms with van der Waals surface area (Å²) in [6, 6.07) is 1.45. The minimum atomic E-state index is -0.422. The summed E-state index contributed by atoms with van der Waals surface area (Å²) in [7, 11) is 0. The molecule has 1 aliphatic rings. The molecule has 5 heteroatoms. The van der Waals surface area contributed by atoms with E-state index in [0.29, 0.717) is 13.1 Å². The van der Waals surface area contributed by atoms with Crippen molar-refractivity contribution < 1.29 is 9.53 Å². The van der Waals surface area contributed by atoms with Gasteiger partial charge in [-0.15, -0.1) is 0 Å². The highest BCUT2D eigenvalue weighted by molar-refractivity contribution is 5.94. The largest absolute Gasteiger partial charge is 0.366 e. The van der Waals surface area contributed by atoms with Gasteiger partial charge in [0.1, 0.15) is 5.56 Å². The Kier molecular flexibility index (Phi) is 3.50. The fraction of sp³-hybridized carbons (Fsp3) is 0.600. The lowest BCUT2D eigenvalue weighted by molar-refractivity contribution is -0.171. The zero-order chi connectivity index (χ0) is 15.1. The lowest BCUT2D eigenvalue weighted by atomic mass is 9.98. The first kappa shape index (κ1) is 14.8. The fourth-order valence-electron chi connectivity index (χ4n) is 2.84. The number of nitrogens with zero attached hydrogens (tertiary/aromatic N) is 1. The van der Waals surface area contributed by atoms with Crippen molar-refractivity contribution in [3.05, 3.63) is 33.7 Å². The SMILES string of the molecule is Cc1cc(=O)c(C(=O)N2CC(C)(C)OC(C)(C)C2)c[nH]1. The molecule has 0 bridgehead atoms. The second-order valence-corrected chi connectivity index (χ2v) is 6.68. The topological polar surface area (TPSA) is 62.4 Å². The number of aryl methyl sites for hydroxylation is 1. The third kappa shape index (κ3) is 3.10. The zero-order valence-electron chi connectivity index (χ0n) is 12.7. The summed E-state index contributed by atoms with van der Waals surface area (Å²) in [4.78, 5) is 29.1. The van der Waals surface area contributed by atoms with Crippen LogP contribution in [0.1, 0.15) is 43.7 Å². The van der Waals surface area contributed by atoms with Crippen LogP contribution in [0.25, 0.3) is 0 Å². The van der Waals surface area contributed by atoms with Crippen molar-refractivity contribution in [2.45, 2.75) is 45.8 Å². The minimum absolute atomic E-state index is 0.184. The maximum absolute atomic E-state index is 12.6. The third-order valence-corrected chi connectivity index (χ3v) is 3.27. The number of H-pyrrole nitrogens is 1. The number of hydrogen-bond donors (Lipinski definition) is 1. The second kappa shape index (κ2) is 4.74. The molecule has 1 aliphatic heterocycles. The van der Waals surface area contributed by atoms with Crippen molar-refractivity contribution in [3.63, 3.8) is 0 Å². The average Bonchev–Trinajstić information content (AvgIpc) is 2.23. The van der Waals surface area contributed by atoms with Gasteiger partial charge in [0.2, 0.25) is 0 Å². The van der Waals surface area contributed by atoms with Crippen molar-refractivity contribution >= 4 is 5.91 Å². The summed E-state index contributed by atoms with van der Waals surface area (Å²) in [6.07, 6.45) is 1.50. The van der Waals surface area contributed by atoms with Gasteiger partial charge in [-0.1, -0.05) is 0 Å². The van der Waals surface area contributed by atoms with Crippen LogP contribution in [-0.4, -0.2) is 40.1 Å². The highest BCUT2D eigenvalue weighted by atomic mass is 16.5. The van der Waals surface area contributed by atoms with Crippen LogP contribution in [0.2, 0.25) is 0 Å². The zero-order valence-corrected chi connectivity index (χ0v) is 12.7. The van der Waals surface area contributed by atoms with Gasteiger partial charge in [0, 0.05) is 31.0 Å². The quantitative estimate of drug-likeness (QED) is 0.850. The summed E-state index contributed by atoms with van der Waals surface area (Å²) in [5.74, 6) is -0.240. The van der Waals surface area contributed by atoms with E-state index in [2.05, 4.69) is 4.98 Å². The van der Waals surface area contributed by atoms with Crippen molar-refractivity contribution in [3.8, 4) is 0 Å². The lowest BCUT2D eigenvalue weighted by Crippen LogP contribution is -2.59. The van der Waals surface area contributed by atoms with Crippen molar-refractivity contribution in [1.82, 2.24) is 9.88 Å². The smallest absolute Gasteiger partial charge is 0.259 e. The Labute approximate surface area is 118 Å². The monoisotopic (exact) mass is 278 g/mol. The summed E-state index contributed by atoms with van der Waals surface area (Å²) in [5, 5.41) is 0. The van der Waals surface area contributed by atoms with Gasteiger partial charge in [0.25, 0.3) is 5.91 Å². The number of nitrogens with one attached hydrogen (secondary N) is 1. The molecule has 1 saturated heterocycles. The van der Waals surface area contributed by atoms with E-state index in [9.17, 15) is 9.59 Å². The number of hydrogen-bond acceptors (Lipinski definition) is 3. The number of aromatic amines is 1. The van der Waals surface area contributed by atoms with Crippen LogP contribution in [0.3, 0.4) is 0 Å². The highest BCUT2D eigenvalue weighted by Crippen LogP contribution is 2.28. The summed E-state index contributed by atoms with van der Waals surface area (Å²) in [6.45, 7) is 10.5. The van der Waals surface area contributed by atoms with Gasteiger partial charge in [0.15, 0.2) is 5.43 Å². The van der Waals surface area contributed by atoms with E-state index in [-0.39, 0.29) is 16.9 Å².